The Balaban J connectivity index is 2.32. The van der Waals surface area contributed by atoms with Crippen molar-refractivity contribution in [2.45, 2.75) is 10.2 Å². The minimum atomic E-state index is 0.191. The number of aromatic nitrogens is 6. The van der Waals surface area contributed by atoms with E-state index in [2.05, 4.69) is 41.4 Å². The normalized spacial score (nSPS) is 10.6. The van der Waals surface area contributed by atoms with Gasteiger partial charge in [-0.25, -0.2) is 14.6 Å². The maximum absolute atomic E-state index is 5.68. The van der Waals surface area contributed by atoms with Crippen LogP contribution < -0.4 is 0 Å². The molecule has 0 saturated heterocycles. The van der Waals surface area contributed by atoms with E-state index < -0.39 is 0 Å². The molecule has 0 aliphatic heterocycles. The van der Waals surface area contributed by atoms with Crippen molar-refractivity contribution in [2.24, 2.45) is 7.05 Å². The van der Waals surface area contributed by atoms with E-state index in [0.29, 0.717) is 10.2 Å². The largest absolute Gasteiger partial charge is 0.225 e. The van der Waals surface area contributed by atoms with Crippen LogP contribution in [0.4, 0.5) is 0 Å². The van der Waals surface area contributed by atoms with Gasteiger partial charge in [0.2, 0.25) is 10.4 Å². The molecule has 2 heterocycles. The number of aryl methyl sites for hydroxylation is 1. The molecule has 9 heteroatoms. The van der Waals surface area contributed by atoms with Crippen LogP contribution in [0.3, 0.4) is 0 Å². The molecule has 2 aromatic heterocycles. The quantitative estimate of drug-likeness (QED) is 0.619. The van der Waals surface area contributed by atoms with Gasteiger partial charge in [-0.05, 0) is 49.7 Å². The van der Waals surface area contributed by atoms with Gasteiger partial charge < -0.3 is 0 Å². The monoisotopic (exact) mass is 306 g/mol. The molecule has 2 rings (SSSR count). The summed E-state index contributed by atoms with van der Waals surface area (Å²) in [5.74, 6) is 0. The third-order valence-electron chi connectivity index (χ3n) is 1.45. The first-order chi connectivity index (χ1) is 7.16. The number of tetrazole rings is 1. The zero-order valence-corrected chi connectivity index (χ0v) is 10.6. The number of rotatable bonds is 2. The van der Waals surface area contributed by atoms with Crippen molar-refractivity contribution in [3.05, 3.63) is 16.0 Å². The van der Waals surface area contributed by atoms with Gasteiger partial charge >= 0.3 is 0 Å². The Kier molecular flexibility index (Phi) is 3.17. The molecule has 15 heavy (non-hydrogen) atoms. The summed E-state index contributed by atoms with van der Waals surface area (Å²) in [5.41, 5.74) is 0. The van der Waals surface area contributed by atoms with E-state index in [1.807, 2.05) is 0 Å². The highest BCUT2D eigenvalue weighted by Crippen LogP contribution is 2.29. The molecule has 0 unspecified atom stereocenters. The van der Waals surface area contributed by atoms with Gasteiger partial charge in [-0.2, -0.15) is 0 Å². The lowest BCUT2D eigenvalue weighted by molar-refractivity contribution is 0.664. The van der Waals surface area contributed by atoms with Crippen molar-refractivity contribution >= 4 is 39.3 Å². The van der Waals surface area contributed by atoms with Gasteiger partial charge in [0, 0.05) is 13.2 Å². The molecule has 0 aliphatic rings. The van der Waals surface area contributed by atoms with E-state index in [1.165, 1.54) is 11.8 Å². The number of hydrogen-bond donors (Lipinski definition) is 0. The Hall–Kier alpha value is -0.730. The van der Waals surface area contributed by atoms with E-state index in [9.17, 15) is 0 Å². The lowest BCUT2D eigenvalue weighted by Crippen LogP contribution is -1.94. The maximum atomic E-state index is 5.68. The fourth-order valence-corrected chi connectivity index (χ4v) is 2.12. The second-order valence-electron chi connectivity index (χ2n) is 2.48. The third kappa shape index (κ3) is 2.44. The molecular weight excluding hydrogens is 304 g/mol. The van der Waals surface area contributed by atoms with Crippen LogP contribution in [0.2, 0.25) is 5.28 Å². The zero-order valence-electron chi connectivity index (χ0n) is 7.42. The third-order valence-corrected chi connectivity index (χ3v) is 3.51. The van der Waals surface area contributed by atoms with Gasteiger partial charge in [0.15, 0.2) is 0 Å². The smallest absolute Gasteiger partial charge is 0.223 e. The number of halogens is 2. The molecule has 2 aromatic rings. The Labute approximate surface area is 103 Å². The van der Waals surface area contributed by atoms with Crippen LogP contribution in [0.1, 0.15) is 0 Å². The van der Waals surface area contributed by atoms with Gasteiger partial charge in [0.05, 0.1) is 4.47 Å². The minimum Gasteiger partial charge on any atom is -0.225 e. The second kappa shape index (κ2) is 4.42. The van der Waals surface area contributed by atoms with E-state index in [1.54, 1.807) is 17.9 Å². The summed E-state index contributed by atoms with van der Waals surface area (Å²) in [4.78, 5) is 7.88. The van der Waals surface area contributed by atoms with E-state index >= 15 is 0 Å². The highest BCUT2D eigenvalue weighted by Gasteiger charge is 2.10. The first kappa shape index (κ1) is 10.8. The van der Waals surface area contributed by atoms with Gasteiger partial charge in [0.25, 0.3) is 0 Å². The topological polar surface area (TPSA) is 69.4 Å². The molecule has 0 saturated carbocycles. The fraction of sp³-hybridized carbons (Fsp3) is 0.167. The molecule has 0 aromatic carbocycles. The van der Waals surface area contributed by atoms with E-state index in [4.69, 9.17) is 11.6 Å². The Morgan fingerprint density at radius 1 is 1.53 bits per heavy atom. The summed E-state index contributed by atoms with van der Waals surface area (Å²) >= 11 is 10.3. The molecule has 0 amide bonds. The summed E-state index contributed by atoms with van der Waals surface area (Å²) < 4.78 is 2.30. The fourth-order valence-electron chi connectivity index (χ4n) is 0.797. The molecule has 0 fully saturated rings. The molecule has 0 N–H and O–H groups in total. The standard InChI is InChI=1S/C6H4BrClN6S/c1-14-6(11-12-13-14)15-4-3(7)2-9-5(8)10-4/h2H,1H3. The minimum absolute atomic E-state index is 0.191. The second-order valence-corrected chi connectivity index (χ2v) is 4.63. The summed E-state index contributed by atoms with van der Waals surface area (Å²) in [6.45, 7) is 0. The summed E-state index contributed by atoms with van der Waals surface area (Å²) in [6, 6.07) is 0. The molecule has 0 radical (unpaired) electrons. The predicted octanol–water partition coefficient (Wildman–Crippen LogP) is 1.57. The van der Waals surface area contributed by atoms with Gasteiger partial charge in [-0.3, -0.25) is 0 Å². The van der Waals surface area contributed by atoms with Crippen molar-refractivity contribution in [2.75, 3.05) is 0 Å². The van der Waals surface area contributed by atoms with Crippen LogP contribution in [0, 0.1) is 0 Å². The lowest BCUT2D eigenvalue weighted by atomic mass is 10.7. The van der Waals surface area contributed by atoms with Crippen molar-refractivity contribution in [3.8, 4) is 0 Å². The van der Waals surface area contributed by atoms with Crippen LogP contribution >= 0.6 is 39.3 Å². The average molecular weight is 308 g/mol. The van der Waals surface area contributed by atoms with Crippen molar-refractivity contribution < 1.29 is 0 Å². The lowest BCUT2D eigenvalue weighted by Gasteiger charge is -2.00. The van der Waals surface area contributed by atoms with Crippen LogP contribution in [0.25, 0.3) is 0 Å². The molecule has 0 bridgehead atoms. The zero-order chi connectivity index (χ0) is 10.8. The van der Waals surface area contributed by atoms with Gasteiger partial charge in [-0.15, -0.1) is 5.10 Å². The highest BCUT2D eigenvalue weighted by molar-refractivity contribution is 9.10. The molecule has 6 nitrogen and oxygen atoms in total. The highest BCUT2D eigenvalue weighted by atomic mass is 79.9. The average Bonchev–Trinajstić information content (AvgIpc) is 2.58. The van der Waals surface area contributed by atoms with E-state index in [0.717, 1.165) is 4.47 Å². The van der Waals surface area contributed by atoms with Crippen molar-refractivity contribution in [1.29, 1.82) is 0 Å². The number of nitrogens with zero attached hydrogens (tertiary/aromatic N) is 6. The Morgan fingerprint density at radius 3 is 3.00 bits per heavy atom. The Morgan fingerprint density at radius 2 is 2.33 bits per heavy atom. The molecular formula is C6H4BrClN6S. The van der Waals surface area contributed by atoms with Crippen molar-refractivity contribution in [1.82, 2.24) is 30.2 Å². The van der Waals surface area contributed by atoms with Crippen LogP contribution in [-0.2, 0) is 7.05 Å². The molecule has 0 spiro atoms. The molecule has 0 aliphatic carbocycles. The SMILES string of the molecule is Cn1nnnc1Sc1nc(Cl)ncc1Br. The van der Waals surface area contributed by atoms with Crippen LogP contribution in [0.15, 0.2) is 20.9 Å². The maximum Gasteiger partial charge on any atom is 0.223 e. The summed E-state index contributed by atoms with van der Waals surface area (Å²) in [7, 11) is 1.75. The molecule has 0 atom stereocenters. The first-order valence-electron chi connectivity index (χ1n) is 3.75. The van der Waals surface area contributed by atoms with Crippen LogP contribution in [0.5, 0.6) is 0 Å². The van der Waals surface area contributed by atoms with E-state index in [-0.39, 0.29) is 5.28 Å². The Bertz CT molecular complexity index is 488. The predicted molar refractivity (Wildman–Crippen MR) is 57.7 cm³/mol. The first-order valence-corrected chi connectivity index (χ1v) is 5.74. The van der Waals surface area contributed by atoms with Gasteiger partial charge in [0.1, 0.15) is 5.03 Å². The van der Waals surface area contributed by atoms with Crippen molar-refractivity contribution in [3.63, 3.8) is 0 Å². The summed E-state index contributed by atoms with van der Waals surface area (Å²) in [6.07, 6.45) is 1.58. The van der Waals surface area contributed by atoms with Crippen LogP contribution in [-0.4, -0.2) is 30.2 Å². The summed E-state index contributed by atoms with van der Waals surface area (Å²) in [5, 5.41) is 12.5. The van der Waals surface area contributed by atoms with Gasteiger partial charge in [-0.1, -0.05) is 0 Å². The number of hydrogen-bond acceptors (Lipinski definition) is 6. The molecule has 78 valence electrons.